The van der Waals surface area contributed by atoms with Crippen molar-refractivity contribution >= 4 is 5.97 Å². The van der Waals surface area contributed by atoms with Crippen molar-refractivity contribution in [3.05, 3.63) is 23.8 Å². The summed E-state index contributed by atoms with van der Waals surface area (Å²) in [7, 11) is 0. The van der Waals surface area contributed by atoms with Crippen LogP contribution in [0.15, 0.2) is 18.2 Å². The third kappa shape index (κ3) is 3.47. The van der Waals surface area contributed by atoms with Crippen LogP contribution in [0.4, 0.5) is 0 Å². The summed E-state index contributed by atoms with van der Waals surface area (Å²) in [5.74, 6) is 1.06. The van der Waals surface area contributed by atoms with Crippen LogP contribution < -0.4 is 14.8 Å². The zero-order valence-corrected chi connectivity index (χ0v) is 12.3. The minimum Gasteiger partial charge on any atom is -0.490 e. The third-order valence-corrected chi connectivity index (χ3v) is 3.67. The zero-order chi connectivity index (χ0) is 14.7. The van der Waals surface area contributed by atoms with Gasteiger partial charge in [0.05, 0.1) is 13.2 Å². The predicted octanol–water partition coefficient (Wildman–Crippen LogP) is 2.03. The smallest absolute Gasteiger partial charge is 0.347 e. The number of carbonyl (C=O) groups excluding carboxylic acids is 1. The van der Waals surface area contributed by atoms with Gasteiger partial charge in [-0.2, -0.15) is 0 Å². The van der Waals surface area contributed by atoms with Gasteiger partial charge in [-0.3, -0.25) is 0 Å². The van der Waals surface area contributed by atoms with Crippen LogP contribution >= 0.6 is 0 Å². The molecule has 1 aliphatic heterocycles. The fraction of sp³-hybridized carbons (Fsp3) is 0.562. The van der Waals surface area contributed by atoms with Gasteiger partial charge in [-0.05, 0) is 25.8 Å². The van der Waals surface area contributed by atoms with Gasteiger partial charge >= 0.3 is 5.97 Å². The SMILES string of the molecule is CCOc1cccc(CNC2CC2)c1OC1CCOC1=O. The zero-order valence-electron chi connectivity index (χ0n) is 12.3. The monoisotopic (exact) mass is 291 g/mol. The molecule has 0 spiro atoms. The first-order chi connectivity index (χ1) is 10.3. The number of benzene rings is 1. The molecule has 1 aliphatic carbocycles. The maximum atomic E-state index is 11.6. The average Bonchev–Trinajstić information content (AvgIpc) is 3.23. The average molecular weight is 291 g/mol. The van der Waals surface area contributed by atoms with Gasteiger partial charge in [0.25, 0.3) is 0 Å². The van der Waals surface area contributed by atoms with Gasteiger partial charge in [0, 0.05) is 24.6 Å². The van der Waals surface area contributed by atoms with Crippen LogP contribution in [0.3, 0.4) is 0 Å². The van der Waals surface area contributed by atoms with Crippen LogP contribution in [0.25, 0.3) is 0 Å². The summed E-state index contributed by atoms with van der Waals surface area (Å²) in [4.78, 5) is 11.6. The molecular formula is C16H21NO4. The summed E-state index contributed by atoms with van der Waals surface area (Å²) >= 11 is 0. The number of nitrogens with one attached hydrogen (secondary N) is 1. The quantitative estimate of drug-likeness (QED) is 0.779. The molecule has 1 aromatic carbocycles. The lowest BCUT2D eigenvalue weighted by Crippen LogP contribution is -2.24. The molecular weight excluding hydrogens is 270 g/mol. The van der Waals surface area contributed by atoms with Gasteiger partial charge < -0.3 is 19.5 Å². The number of hydrogen-bond donors (Lipinski definition) is 1. The highest BCUT2D eigenvalue weighted by Crippen LogP contribution is 2.34. The highest BCUT2D eigenvalue weighted by molar-refractivity contribution is 5.77. The van der Waals surface area contributed by atoms with Crippen LogP contribution in [0, 0.1) is 0 Å². The Labute approximate surface area is 124 Å². The minimum absolute atomic E-state index is 0.289. The first-order valence-electron chi connectivity index (χ1n) is 7.59. The molecule has 0 aromatic heterocycles. The minimum atomic E-state index is -0.522. The Morgan fingerprint density at radius 3 is 2.86 bits per heavy atom. The molecule has 2 aliphatic rings. The van der Waals surface area contributed by atoms with E-state index in [1.54, 1.807) is 0 Å². The van der Waals surface area contributed by atoms with E-state index in [1.165, 1.54) is 12.8 Å². The number of esters is 1. The van der Waals surface area contributed by atoms with Gasteiger partial charge in [0.1, 0.15) is 0 Å². The molecule has 1 N–H and O–H groups in total. The maximum Gasteiger partial charge on any atom is 0.347 e. The highest BCUT2D eigenvalue weighted by Gasteiger charge is 2.30. The maximum absolute atomic E-state index is 11.6. The van der Waals surface area contributed by atoms with Crippen molar-refractivity contribution in [3.8, 4) is 11.5 Å². The van der Waals surface area contributed by atoms with Crippen molar-refractivity contribution in [1.82, 2.24) is 5.32 Å². The van der Waals surface area contributed by atoms with Crippen LogP contribution in [0.1, 0.15) is 31.7 Å². The van der Waals surface area contributed by atoms with Crippen molar-refractivity contribution in [3.63, 3.8) is 0 Å². The van der Waals surface area contributed by atoms with Crippen molar-refractivity contribution in [2.45, 2.75) is 44.9 Å². The molecule has 1 aromatic rings. The Morgan fingerprint density at radius 2 is 2.19 bits per heavy atom. The van der Waals surface area contributed by atoms with Crippen molar-refractivity contribution in [2.75, 3.05) is 13.2 Å². The Kier molecular flexibility index (Phi) is 4.29. The molecule has 3 rings (SSSR count). The predicted molar refractivity (Wildman–Crippen MR) is 77.5 cm³/mol. The van der Waals surface area contributed by atoms with Gasteiger partial charge in [0.15, 0.2) is 17.6 Å². The molecule has 21 heavy (non-hydrogen) atoms. The second kappa shape index (κ2) is 6.35. The number of ether oxygens (including phenoxy) is 3. The van der Waals surface area contributed by atoms with Crippen LogP contribution in [0.5, 0.6) is 11.5 Å². The molecule has 1 heterocycles. The molecule has 114 valence electrons. The fourth-order valence-corrected chi connectivity index (χ4v) is 2.37. The van der Waals surface area contributed by atoms with E-state index >= 15 is 0 Å². The van der Waals surface area contributed by atoms with Gasteiger partial charge in [-0.1, -0.05) is 12.1 Å². The summed E-state index contributed by atoms with van der Waals surface area (Å²) in [6.45, 7) is 3.65. The highest BCUT2D eigenvalue weighted by atomic mass is 16.6. The first-order valence-corrected chi connectivity index (χ1v) is 7.59. The number of hydrogen-bond acceptors (Lipinski definition) is 5. The molecule has 5 heteroatoms. The van der Waals surface area contributed by atoms with E-state index < -0.39 is 6.10 Å². The van der Waals surface area contributed by atoms with E-state index in [2.05, 4.69) is 5.32 Å². The van der Waals surface area contributed by atoms with E-state index in [9.17, 15) is 4.79 Å². The molecule has 0 amide bonds. The summed E-state index contributed by atoms with van der Waals surface area (Å²) < 4.78 is 16.5. The lowest BCUT2D eigenvalue weighted by atomic mass is 10.1. The second-order valence-corrected chi connectivity index (χ2v) is 5.40. The van der Waals surface area contributed by atoms with E-state index in [1.807, 2.05) is 25.1 Å². The van der Waals surface area contributed by atoms with Crippen LogP contribution in [0.2, 0.25) is 0 Å². The van der Waals surface area contributed by atoms with E-state index in [-0.39, 0.29) is 5.97 Å². The normalized spacial score (nSPS) is 21.2. The fourth-order valence-electron chi connectivity index (χ4n) is 2.37. The Morgan fingerprint density at radius 1 is 1.33 bits per heavy atom. The first kappa shape index (κ1) is 14.2. The van der Waals surface area contributed by atoms with Crippen molar-refractivity contribution in [2.24, 2.45) is 0 Å². The molecule has 1 saturated heterocycles. The number of para-hydroxylation sites is 1. The second-order valence-electron chi connectivity index (χ2n) is 5.40. The lowest BCUT2D eigenvalue weighted by molar-refractivity contribution is -0.143. The topological polar surface area (TPSA) is 56.8 Å². The third-order valence-electron chi connectivity index (χ3n) is 3.67. The van der Waals surface area contributed by atoms with Gasteiger partial charge in [0.2, 0.25) is 0 Å². The van der Waals surface area contributed by atoms with Gasteiger partial charge in [-0.25, -0.2) is 4.79 Å². The number of cyclic esters (lactones) is 1. The number of carbonyl (C=O) groups is 1. The summed E-state index contributed by atoms with van der Waals surface area (Å²) in [6, 6.07) is 6.45. The summed E-state index contributed by atoms with van der Waals surface area (Å²) in [6.07, 6.45) is 2.53. The molecule has 1 atom stereocenters. The lowest BCUT2D eigenvalue weighted by Gasteiger charge is -2.18. The number of rotatable bonds is 7. The largest absolute Gasteiger partial charge is 0.490 e. The Bertz CT molecular complexity index is 513. The molecule has 0 bridgehead atoms. The molecule has 1 unspecified atom stereocenters. The molecule has 5 nitrogen and oxygen atoms in total. The Hall–Kier alpha value is -1.75. The Balaban J connectivity index is 1.79. The summed E-state index contributed by atoms with van der Waals surface area (Å²) in [5.41, 5.74) is 1.02. The molecule has 0 radical (unpaired) electrons. The van der Waals surface area contributed by atoms with E-state index in [4.69, 9.17) is 14.2 Å². The van der Waals surface area contributed by atoms with Crippen molar-refractivity contribution < 1.29 is 19.0 Å². The molecule has 1 saturated carbocycles. The van der Waals surface area contributed by atoms with Crippen molar-refractivity contribution in [1.29, 1.82) is 0 Å². The van der Waals surface area contributed by atoms with E-state index in [0.717, 1.165) is 12.1 Å². The van der Waals surface area contributed by atoms with Crippen LogP contribution in [-0.2, 0) is 16.1 Å². The molecule has 2 fully saturated rings. The standard InChI is InChI=1S/C16H21NO4/c1-2-19-13-5-3-4-11(10-17-12-6-7-12)15(13)21-14-8-9-20-16(14)18/h3-5,12,14,17H,2,6-10H2,1H3. The van der Waals surface area contributed by atoms with Gasteiger partial charge in [-0.15, -0.1) is 0 Å². The van der Waals surface area contributed by atoms with E-state index in [0.29, 0.717) is 37.2 Å². The van der Waals surface area contributed by atoms with Crippen LogP contribution in [-0.4, -0.2) is 31.3 Å². The summed E-state index contributed by atoms with van der Waals surface area (Å²) in [5, 5.41) is 3.47.